The molecule has 0 saturated heterocycles. The minimum absolute atomic E-state index is 0.240. The zero-order valence-corrected chi connectivity index (χ0v) is 6.28. The van der Waals surface area contributed by atoms with Crippen LogP contribution in [0.4, 0.5) is 0 Å². The van der Waals surface area contributed by atoms with E-state index in [1.165, 1.54) is 0 Å². The van der Waals surface area contributed by atoms with Crippen molar-refractivity contribution >= 4 is 25.3 Å². The second-order valence-electron chi connectivity index (χ2n) is 1.60. The number of thiol groups is 2. The number of aliphatic hydroxyl groups is 1. The number of nitrogens with two attached hydrogens (primary N) is 1. The Morgan fingerprint density at radius 3 is 2.00 bits per heavy atom. The summed E-state index contributed by atoms with van der Waals surface area (Å²) in [6.45, 7) is 0. The van der Waals surface area contributed by atoms with Gasteiger partial charge in [-0.1, -0.05) is 0 Å². The third-order valence-corrected chi connectivity index (χ3v) is 1.69. The summed E-state index contributed by atoms with van der Waals surface area (Å²) in [4.78, 5) is 0. The first-order valence-corrected chi connectivity index (χ1v) is 3.64. The van der Waals surface area contributed by atoms with Crippen LogP contribution in [-0.4, -0.2) is 28.8 Å². The minimum atomic E-state index is -0.518. The van der Waals surface area contributed by atoms with Gasteiger partial charge in [0.2, 0.25) is 0 Å². The van der Waals surface area contributed by atoms with Gasteiger partial charge in [0.25, 0.3) is 0 Å². The molecule has 0 fully saturated rings. The summed E-state index contributed by atoms with van der Waals surface area (Å²) in [6, 6.07) is -0.240. The molecule has 0 saturated carbocycles. The van der Waals surface area contributed by atoms with Crippen molar-refractivity contribution in [2.75, 3.05) is 11.5 Å². The van der Waals surface area contributed by atoms with Crippen molar-refractivity contribution in [2.24, 2.45) is 5.73 Å². The summed E-state index contributed by atoms with van der Waals surface area (Å²) in [5, 5.41) is 8.88. The predicted octanol–water partition coefficient (Wildman–Crippen LogP) is -0.466. The Kier molecular flexibility index (Phi) is 4.84. The molecule has 0 amide bonds. The molecule has 0 heterocycles. The smallest absolute Gasteiger partial charge is 0.0786 e. The van der Waals surface area contributed by atoms with Gasteiger partial charge in [0.1, 0.15) is 0 Å². The maximum Gasteiger partial charge on any atom is 0.0786 e. The van der Waals surface area contributed by atoms with E-state index in [2.05, 4.69) is 25.3 Å². The largest absolute Gasteiger partial charge is 0.391 e. The first-order valence-electron chi connectivity index (χ1n) is 2.37. The van der Waals surface area contributed by atoms with Crippen LogP contribution in [0.25, 0.3) is 0 Å². The van der Waals surface area contributed by atoms with Gasteiger partial charge in [-0.3, -0.25) is 0 Å². The van der Waals surface area contributed by atoms with E-state index in [0.29, 0.717) is 11.5 Å². The molecule has 4 heteroatoms. The van der Waals surface area contributed by atoms with E-state index in [-0.39, 0.29) is 6.04 Å². The molecule has 0 radical (unpaired) electrons. The lowest BCUT2D eigenvalue weighted by Crippen LogP contribution is -2.37. The summed E-state index contributed by atoms with van der Waals surface area (Å²) in [7, 11) is 0. The van der Waals surface area contributed by atoms with E-state index in [9.17, 15) is 0 Å². The Bertz CT molecular complexity index is 54.0. The lowest BCUT2D eigenvalue weighted by atomic mass is 10.2. The van der Waals surface area contributed by atoms with Gasteiger partial charge < -0.3 is 10.8 Å². The maximum absolute atomic E-state index is 8.88. The Hall–Kier alpha value is 0.620. The molecule has 50 valence electrons. The van der Waals surface area contributed by atoms with Crippen LogP contribution >= 0.6 is 25.3 Å². The fraction of sp³-hybridized carbons (Fsp3) is 1.00. The van der Waals surface area contributed by atoms with Crippen LogP contribution in [0.2, 0.25) is 0 Å². The van der Waals surface area contributed by atoms with Gasteiger partial charge >= 0.3 is 0 Å². The average Bonchev–Trinajstić information content (AvgIpc) is 1.84. The molecule has 0 aliphatic carbocycles. The molecule has 0 rings (SSSR count). The maximum atomic E-state index is 8.88. The molecule has 0 aromatic carbocycles. The SMILES string of the molecule is NC(CS)C(O)CS. The molecular formula is C4H11NOS2. The van der Waals surface area contributed by atoms with Crippen molar-refractivity contribution in [3.05, 3.63) is 0 Å². The van der Waals surface area contributed by atoms with Gasteiger partial charge in [-0.05, 0) is 0 Å². The zero-order valence-electron chi connectivity index (χ0n) is 4.49. The predicted molar refractivity (Wildman–Crippen MR) is 41.7 cm³/mol. The van der Waals surface area contributed by atoms with Crippen molar-refractivity contribution in [1.29, 1.82) is 0 Å². The third kappa shape index (κ3) is 2.81. The van der Waals surface area contributed by atoms with Crippen molar-refractivity contribution in [1.82, 2.24) is 0 Å². The molecule has 3 N–H and O–H groups in total. The van der Waals surface area contributed by atoms with E-state index in [0.717, 1.165) is 0 Å². The van der Waals surface area contributed by atoms with E-state index in [1.807, 2.05) is 0 Å². The summed E-state index contributed by atoms with van der Waals surface area (Å²) in [5.41, 5.74) is 5.35. The summed E-state index contributed by atoms with van der Waals surface area (Å²) in [5.74, 6) is 0.906. The molecule has 8 heavy (non-hydrogen) atoms. The Morgan fingerprint density at radius 1 is 1.38 bits per heavy atom. The normalized spacial score (nSPS) is 18.0. The topological polar surface area (TPSA) is 46.2 Å². The Balaban J connectivity index is 3.29. The third-order valence-electron chi connectivity index (χ3n) is 0.892. The Labute approximate surface area is 60.3 Å². The van der Waals surface area contributed by atoms with Crippen molar-refractivity contribution in [2.45, 2.75) is 12.1 Å². The van der Waals surface area contributed by atoms with Gasteiger partial charge in [-0.25, -0.2) is 0 Å². The summed E-state index contributed by atoms with van der Waals surface area (Å²) >= 11 is 7.73. The van der Waals surface area contributed by atoms with Gasteiger partial charge in [0.15, 0.2) is 0 Å². The molecule has 0 aliphatic rings. The highest BCUT2D eigenvalue weighted by Crippen LogP contribution is 1.93. The van der Waals surface area contributed by atoms with Crippen LogP contribution in [0.15, 0.2) is 0 Å². The fourth-order valence-corrected chi connectivity index (χ4v) is 0.771. The second kappa shape index (κ2) is 4.49. The molecule has 2 nitrogen and oxygen atoms in total. The molecule has 2 unspecified atom stereocenters. The van der Waals surface area contributed by atoms with Crippen LogP contribution in [0.3, 0.4) is 0 Å². The van der Waals surface area contributed by atoms with Gasteiger partial charge in [-0.2, -0.15) is 25.3 Å². The summed E-state index contributed by atoms with van der Waals surface area (Å²) in [6.07, 6.45) is -0.518. The number of rotatable bonds is 3. The lowest BCUT2D eigenvalue weighted by molar-refractivity contribution is 0.177. The summed E-state index contributed by atoms with van der Waals surface area (Å²) < 4.78 is 0. The molecule has 0 bridgehead atoms. The fourth-order valence-electron chi connectivity index (χ4n) is 0.257. The van der Waals surface area contributed by atoms with Gasteiger partial charge in [0.05, 0.1) is 6.10 Å². The average molecular weight is 153 g/mol. The van der Waals surface area contributed by atoms with Gasteiger partial charge in [0, 0.05) is 17.5 Å². The zero-order chi connectivity index (χ0) is 6.57. The van der Waals surface area contributed by atoms with Crippen molar-refractivity contribution in [3.63, 3.8) is 0 Å². The first kappa shape index (κ1) is 8.62. The monoisotopic (exact) mass is 153 g/mol. The highest BCUT2D eigenvalue weighted by molar-refractivity contribution is 7.80. The quantitative estimate of drug-likeness (QED) is 0.414. The Morgan fingerprint density at radius 2 is 1.88 bits per heavy atom. The molecule has 0 aromatic rings. The van der Waals surface area contributed by atoms with Crippen LogP contribution in [0, 0.1) is 0 Å². The van der Waals surface area contributed by atoms with Gasteiger partial charge in [-0.15, -0.1) is 0 Å². The molecule has 0 spiro atoms. The van der Waals surface area contributed by atoms with Crippen LogP contribution in [-0.2, 0) is 0 Å². The highest BCUT2D eigenvalue weighted by atomic mass is 32.1. The van der Waals surface area contributed by atoms with Crippen LogP contribution in [0.1, 0.15) is 0 Å². The van der Waals surface area contributed by atoms with E-state index >= 15 is 0 Å². The van der Waals surface area contributed by atoms with Crippen molar-refractivity contribution in [3.8, 4) is 0 Å². The molecule has 2 atom stereocenters. The standard InChI is InChI=1S/C4H11NOS2/c5-3(1-7)4(6)2-8/h3-4,6-8H,1-2,5H2. The molecule has 0 aliphatic heterocycles. The lowest BCUT2D eigenvalue weighted by Gasteiger charge is -2.12. The second-order valence-corrected chi connectivity index (χ2v) is 2.33. The first-order chi connectivity index (χ1) is 3.72. The number of aliphatic hydroxyl groups excluding tert-OH is 1. The minimum Gasteiger partial charge on any atom is -0.391 e. The van der Waals surface area contributed by atoms with Crippen LogP contribution < -0.4 is 5.73 Å². The van der Waals surface area contributed by atoms with E-state index in [4.69, 9.17) is 10.8 Å². The van der Waals surface area contributed by atoms with E-state index < -0.39 is 6.10 Å². The van der Waals surface area contributed by atoms with Crippen LogP contribution in [0.5, 0.6) is 0 Å². The van der Waals surface area contributed by atoms with Crippen molar-refractivity contribution < 1.29 is 5.11 Å². The number of hydrogen-bond donors (Lipinski definition) is 4. The van der Waals surface area contributed by atoms with E-state index in [1.54, 1.807) is 0 Å². The molecule has 0 aromatic heterocycles. The highest BCUT2D eigenvalue weighted by Gasteiger charge is 2.09. The number of hydrogen-bond acceptors (Lipinski definition) is 4. The molecular weight excluding hydrogens is 142 g/mol.